The zero-order chi connectivity index (χ0) is 16.8. The van der Waals surface area contributed by atoms with Crippen molar-refractivity contribution in [1.82, 2.24) is 15.0 Å². The first kappa shape index (κ1) is 14.8. The van der Waals surface area contributed by atoms with Crippen LogP contribution in [0.1, 0.15) is 5.69 Å². The molecule has 3 N–H and O–H groups in total. The van der Waals surface area contributed by atoms with Crippen LogP contribution in [0.4, 0.5) is 5.82 Å². The van der Waals surface area contributed by atoms with Gasteiger partial charge in [-0.1, -0.05) is 11.6 Å². The van der Waals surface area contributed by atoms with Crippen LogP contribution >= 0.6 is 11.6 Å². The Morgan fingerprint density at radius 1 is 1.12 bits per heavy atom. The van der Waals surface area contributed by atoms with Crippen molar-refractivity contribution in [3.63, 3.8) is 0 Å². The molecule has 0 bridgehead atoms. The number of pyridine rings is 2. The van der Waals surface area contributed by atoms with Crippen LogP contribution in [-0.2, 0) is 0 Å². The Kier molecular flexibility index (Phi) is 3.32. The van der Waals surface area contributed by atoms with E-state index >= 15 is 0 Å². The van der Waals surface area contributed by atoms with Gasteiger partial charge in [0.25, 0.3) is 0 Å². The summed E-state index contributed by atoms with van der Waals surface area (Å²) in [5.74, 6) is 0.894. The number of H-pyrrole nitrogens is 1. The van der Waals surface area contributed by atoms with E-state index in [0.29, 0.717) is 16.6 Å². The quantitative estimate of drug-likeness (QED) is 0.570. The average molecular weight is 339 g/mol. The minimum absolute atomic E-state index is 0.345. The summed E-state index contributed by atoms with van der Waals surface area (Å²) in [5, 5.41) is 2.76. The summed E-state index contributed by atoms with van der Waals surface area (Å²) in [4.78, 5) is 12.3. The number of halogens is 1. The van der Waals surface area contributed by atoms with E-state index in [1.54, 1.807) is 19.4 Å². The third-order valence-electron chi connectivity index (χ3n) is 4.17. The molecule has 0 radical (unpaired) electrons. The Morgan fingerprint density at radius 3 is 2.71 bits per heavy atom. The number of methoxy groups -OCH3 is 1. The van der Waals surface area contributed by atoms with E-state index in [0.717, 1.165) is 38.8 Å². The summed E-state index contributed by atoms with van der Waals surface area (Å²) in [6.07, 6.45) is 1.80. The number of hydrogen-bond acceptors (Lipinski definition) is 4. The highest BCUT2D eigenvalue weighted by atomic mass is 35.5. The molecule has 0 saturated carbocycles. The molecule has 1 aromatic carbocycles. The van der Waals surface area contributed by atoms with Crippen LogP contribution in [0, 0.1) is 6.92 Å². The van der Waals surface area contributed by atoms with Crippen LogP contribution < -0.4 is 10.5 Å². The van der Waals surface area contributed by atoms with Gasteiger partial charge in [-0.3, -0.25) is 4.98 Å². The molecule has 5 nitrogen and oxygen atoms in total. The van der Waals surface area contributed by atoms with Crippen LogP contribution in [0.15, 0.2) is 36.5 Å². The Labute approximate surface area is 143 Å². The first-order valence-electron chi connectivity index (χ1n) is 7.46. The lowest BCUT2D eigenvalue weighted by Crippen LogP contribution is -1.97. The molecule has 0 aliphatic carbocycles. The third kappa shape index (κ3) is 2.17. The molecule has 24 heavy (non-hydrogen) atoms. The Balaban J connectivity index is 2.07. The summed E-state index contributed by atoms with van der Waals surface area (Å²) in [5.41, 5.74) is 10.5. The van der Waals surface area contributed by atoms with Gasteiger partial charge >= 0.3 is 0 Å². The number of nitrogen functional groups attached to an aromatic ring is 1. The second-order valence-corrected chi connectivity index (χ2v) is 6.04. The van der Waals surface area contributed by atoms with Crippen molar-refractivity contribution in [2.24, 2.45) is 0 Å². The zero-order valence-electron chi connectivity index (χ0n) is 13.2. The SMILES string of the molecule is COc1ccc(-c2cc(Cl)cc3c2[nH]c2c(C)nccc23)nc1N. The maximum atomic E-state index is 6.36. The van der Waals surface area contributed by atoms with E-state index in [1.165, 1.54) is 0 Å². The number of aromatic nitrogens is 3. The number of fused-ring (bicyclic) bond motifs is 3. The van der Waals surface area contributed by atoms with Crippen molar-refractivity contribution in [2.75, 3.05) is 12.8 Å². The highest BCUT2D eigenvalue weighted by Crippen LogP contribution is 2.36. The molecule has 3 aromatic heterocycles. The topological polar surface area (TPSA) is 76.8 Å². The molecule has 6 heteroatoms. The predicted molar refractivity (Wildman–Crippen MR) is 97.5 cm³/mol. The summed E-state index contributed by atoms with van der Waals surface area (Å²) in [6, 6.07) is 9.50. The number of nitrogens with zero attached hydrogens (tertiary/aromatic N) is 2. The van der Waals surface area contributed by atoms with Gasteiger partial charge in [-0.05, 0) is 37.3 Å². The van der Waals surface area contributed by atoms with E-state index in [9.17, 15) is 0 Å². The fraction of sp³-hybridized carbons (Fsp3) is 0.111. The Hall–Kier alpha value is -2.79. The smallest absolute Gasteiger partial charge is 0.166 e. The average Bonchev–Trinajstić information content (AvgIpc) is 2.94. The van der Waals surface area contributed by atoms with Crippen molar-refractivity contribution in [1.29, 1.82) is 0 Å². The number of hydrogen-bond donors (Lipinski definition) is 2. The monoisotopic (exact) mass is 338 g/mol. The van der Waals surface area contributed by atoms with Gasteiger partial charge in [0.15, 0.2) is 11.6 Å². The molecule has 0 saturated heterocycles. The van der Waals surface area contributed by atoms with Crippen molar-refractivity contribution < 1.29 is 4.74 Å². The van der Waals surface area contributed by atoms with Gasteiger partial charge in [0.2, 0.25) is 0 Å². The largest absolute Gasteiger partial charge is 0.493 e. The van der Waals surface area contributed by atoms with Gasteiger partial charge in [0, 0.05) is 27.6 Å². The lowest BCUT2D eigenvalue weighted by Gasteiger charge is -2.08. The summed E-state index contributed by atoms with van der Waals surface area (Å²) in [7, 11) is 1.57. The van der Waals surface area contributed by atoms with Gasteiger partial charge in [-0.25, -0.2) is 4.98 Å². The minimum Gasteiger partial charge on any atom is -0.493 e. The third-order valence-corrected chi connectivity index (χ3v) is 4.38. The Morgan fingerprint density at radius 2 is 1.96 bits per heavy atom. The number of aryl methyl sites for hydroxylation is 1. The second kappa shape index (κ2) is 5.39. The van der Waals surface area contributed by atoms with Gasteiger partial charge < -0.3 is 15.5 Å². The lowest BCUT2D eigenvalue weighted by atomic mass is 10.1. The fourth-order valence-electron chi connectivity index (χ4n) is 3.01. The van der Waals surface area contributed by atoms with Gasteiger partial charge in [0.1, 0.15) is 0 Å². The van der Waals surface area contributed by atoms with Crippen LogP contribution in [0.3, 0.4) is 0 Å². The van der Waals surface area contributed by atoms with E-state index in [4.69, 9.17) is 22.1 Å². The number of aromatic amines is 1. The number of benzene rings is 1. The van der Waals surface area contributed by atoms with Crippen LogP contribution in [0.25, 0.3) is 33.1 Å². The molecule has 0 amide bonds. The van der Waals surface area contributed by atoms with E-state index in [1.807, 2.05) is 31.2 Å². The maximum absolute atomic E-state index is 6.36. The van der Waals surface area contributed by atoms with E-state index in [2.05, 4.69) is 15.0 Å². The zero-order valence-corrected chi connectivity index (χ0v) is 14.0. The van der Waals surface area contributed by atoms with E-state index < -0.39 is 0 Å². The highest BCUT2D eigenvalue weighted by Gasteiger charge is 2.14. The molecular weight excluding hydrogens is 324 g/mol. The van der Waals surface area contributed by atoms with Crippen LogP contribution in [-0.4, -0.2) is 22.1 Å². The van der Waals surface area contributed by atoms with Gasteiger partial charge in [-0.2, -0.15) is 0 Å². The van der Waals surface area contributed by atoms with Crippen molar-refractivity contribution in [2.45, 2.75) is 6.92 Å². The fourth-order valence-corrected chi connectivity index (χ4v) is 3.23. The molecule has 0 aliphatic heterocycles. The molecule has 4 aromatic rings. The van der Waals surface area contributed by atoms with E-state index in [-0.39, 0.29) is 0 Å². The highest BCUT2D eigenvalue weighted by molar-refractivity contribution is 6.32. The molecule has 0 spiro atoms. The molecule has 120 valence electrons. The predicted octanol–water partition coefficient (Wildman–Crippen LogP) is 4.33. The molecule has 0 aliphatic rings. The van der Waals surface area contributed by atoms with Crippen molar-refractivity contribution in [3.8, 4) is 17.0 Å². The number of ether oxygens (including phenoxy) is 1. The van der Waals surface area contributed by atoms with Crippen molar-refractivity contribution in [3.05, 3.63) is 47.2 Å². The molecule has 4 rings (SSSR count). The molecule has 0 unspecified atom stereocenters. The normalized spacial score (nSPS) is 11.3. The number of nitrogens with two attached hydrogens (primary N) is 1. The second-order valence-electron chi connectivity index (χ2n) is 5.60. The van der Waals surface area contributed by atoms with Gasteiger partial charge in [-0.15, -0.1) is 0 Å². The summed E-state index contributed by atoms with van der Waals surface area (Å²) in [6.45, 7) is 1.97. The minimum atomic E-state index is 0.345. The molecular formula is C18H15ClN4O. The first-order chi connectivity index (χ1) is 11.6. The summed E-state index contributed by atoms with van der Waals surface area (Å²) < 4.78 is 5.18. The van der Waals surface area contributed by atoms with Crippen molar-refractivity contribution >= 4 is 39.2 Å². The molecule has 0 atom stereocenters. The van der Waals surface area contributed by atoms with Gasteiger partial charge in [0.05, 0.1) is 29.5 Å². The van der Waals surface area contributed by atoms with Crippen LogP contribution in [0.5, 0.6) is 5.75 Å². The lowest BCUT2D eigenvalue weighted by molar-refractivity contribution is 0.415. The number of nitrogens with one attached hydrogen (secondary N) is 1. The molecule has 0 fully saturated rings. The Bertz CT molecular complexity index is 1090. The summed E-state index contributed by atoms with van der Waals surface area (Å²) >= 11 is 6.36. The maximum Gasteiger partial charge on any atom is 0.166 e. The standard InChI is InChI=1S/C18H15ClN4O/c1-9-16-11(5-6-21-9)12-7-10(19)8-13(17(12)23-16)14-3-4-15(24-2)18(20)22-14/h3-8,23H,1-2H3,(H2,20,22). The molecule has 3 heterocycles. The van der Waals surface area contributed by atoms with Crippen LogP contribution in [0.2, 0.25) is 5.02 Å². The number of rotatable bonds is 2. The first-order valence-corrected chi connectivity index (χ1v) is 7.83. The number of anilines is 1.